The number of anilines is 1. The van der Waals surface area contributed by atoms with Crippen LogP contribution in [0, 0.1) is 23.6 Å². The molecule has 2 N–H and O–H groups in total. The first kappa shape index (κ1) is 22.9. The van der Waals surface area contributed by atoms with E-state index in [9.17, 15) is 4.79 Å². The molecule has 36 heavy (non-hydrogen) atoms. The topological polar surface area (TPSA) is 111 Å². The Hall–Kier alpha value is -3.53. The van der Waals surface area contributed by atoms with Crippen LogP contribution < -0.4 is 5.32 Å². The second kappa shape index (κ2) is 9.16. The summed E-state index contributed by atoms with van der Waals surface area (Å²) in [4.78, 5) is 33.7. The van der Waals surface area contributed by atoms with Gasteiger partial charge in [0.25, 0.3) is 0 Å². The largest absolute Gasteiger partial charge is 0.466 e. The van der Waals surface area contributed by atoms with E-state index in [4.69, 9.17) is 16.3 Å². The number of halogens is 2. The Kier molecular flexibility index (Phi) is 5.83. The fraction of sp³-hybridized carbons (Fsp3) is 0.400. The van der Waals surface area contributed by atoms with Crippen LogP contribution in [0.15, 0.2) is 36.9 Å². The zero-order valence-corrected chi connectivity index (χ0v) is 20.4. The number of aromatic nitrogens is 6. The number of aromatic amines is 1. The highest BCUT2D eigenvalue weighted by atomic mass is 35.5. The van der Waals surface area contributed by atoms with Crippen molar-refractivity contribution in [1.82, 2.24) is 29.5 Å². The molecule has 4 aromatic rings. The Labute approximate surface area is 211 Å². The van der Waals surface area contributed by atoms with E-state index >= 15 is 4.39 Å². The number of hydrogen-bond acceptors (Lipinski definition) is 7. The van der Waals surface area contributed by atoms with E-state index in [1.54, 1.807) is 42.2 Å². The summed E-state index contributed by atoms with van der Waals surface area (Å²) in [5.41, 5.74) is 1.55. The Morgan fingerprint density at radius 3 is 2.69 bits per heavy atom. The molecule has 3 aliphatic rings. The van der Waals surface area contributed by atoms with Gasteiger partial charge in [0.15, 0.2) is 23.1 Å². The fourth-order valence-corrected chi connectivity index (χ4v) is 5.86. The van der Waals surface area contributed by atoms with Crippen molar-refractivity contribution in [1.29, 1.82) is 0 Å². The highest BCUT2D eigenvalue weighted by Gasteiger charge is 2.48. The number of hydrogen-bond donors (Lipinski definition) is 2. The van der Waals surface area contributed by atoms with E-state index in [1.807, 2.05) is 0 Å². The van der Waals surface area contributed by atoms with Gasteiger partial charge >= 0.3 is 5.97 Å². The standard InChI is InChI=1S/C25H25ClFN7O2/c1-2-36-25(35)17-13-5-7-14(8-6-13)19(17)31-22-18(27)24(34-9-3-4-10-34)33-21(32-22)15-11-28-23-20(15)30-16(26)12-29-23/h3-4,9-14,17,19H,2,5-8H2,1H3,(H,28,29)(H,31,32,33)/t13?,14?,17-,19-/m0/s1. The minimum atomic E-state index is -0.594. The van der Waals surface area contributed by atoms with E-state index in [0.717, 1.165) is 25.7 Å². The van der Waals surface area contributed by atoms with Gasteiger partial charge in [-0.25, -0.2) is 19.9 Å². The van der Waals surface area contributed by atoms with Crippen LogP contribution in [-0.2, 0) is 9.53 Å². The number of carbonyl (C=O) groups excluding carboxylic acids is 1. The van der Waals surface area contributed by atoms with Gasteiger partial charge in [-0.05, 0) is 56.6 Å². The van der Waals surface area contributed by atoms with Crippen molar-refractivity contribution in [2.45, 2.75) is 38.6 Å². The zero-order valence-electron chi connectivity index (χ0n) is 19.6. The SMILES string of the molecule is CCOC(=O)[C@H]1C2CCC(CC2)[C@@H]1Nc1nc(-c2c[nH]c3ncc(Cl)nc23)nc(-n2cccc2)c1F. The van der Waals surface area contributed by atoms with E-state index in [2.05, 4.69) is 30.2 Å². The van der Waals surface area contributed by atoms with E-state index in [1.165, 1.54) is 6.20 Å². The number of H-pyrrole nitrogens is 1. The quantitative estimate of drug-likeness (QED) is 0.360. The monoisotopic (exact) mass is 509 g/mol. The lowest BCUT2D eigenvalue weighted by Gasteiger charge is -2.47. The number of nitrogens with zero attached hydrogens (tertiary/aromatic N) is 5. The fourth-order valence-electron chi connectivity index (χ4n) is 5.73. The predicted octanol–water partition coefficient (Wildman–Crippen LogP) is 4.78. The van der Waals surface area contributed by atoms with Crippen molar-refractivity contribution in [3.05, 3.63) is 47.9 Å². The van der Waals surface area contributed by atoms with Gasteiger partial charge in [-0.2, -0.15) is 4.39 Å². The van der Waals surface area contributed by atoms with Crippen LogP contribution in [-0.4, -0.2) is 48.1 Å². The Balaban J connectivity index is 1.46. The maximum Gasteiger partial charge on any atom is 0.311 e. The van der Waals surface area contributed by atoms with Gasteiger partial charge in [0, 0.05) is 24.6 Å². The lowest BCUT2D eigenvalue weighted by Crippen LogP contribution is -2.52. The number of rotatable bonds is 6. The van der Waals surface area contributed by atoms with E-state index < -0.39 is 5.82 Å². The van der Waals surface area contributed by atoms with Gasteiger partial charge in [-0.1, -0.05) is 11.6 Å². The second-order valence-electron chi connectivity index (χ2n) is 9.34. The van der Waals surface area contributed by atoms with Crippen LogP contribution in [0.5, 0.6) is 0 Å². The molecule has 0 spiro atoms. The Bertz CT molecular complexity index is 1420. The molecule has 186 valence electrons. The number of carbonyl (C=O) groups is 1. The molecule has 3 fully saturated rings. The molecule has 4 aromatic heterocycles. The van der Waals surface area contributed by atoms with E-state index in [0.29, 0.717) is 23.3 Å². The molecule has 3 aliphatic carbocycles. The Morgan fingerprint density at radius 2 is 1.94 bits per heavy atom. The van der Waals surface area contributed by atoms with Crippen molar-refractivity contribution in [2.24, 2.45) is 17.8 Å². The molecule has 0 saturated heterocycles. The molecule has 0 aliphatic heterocycles. The Morgan fingerprint density at radius 1 is 1.19 bits per heavy atom. The highest BCUT2D eigenvalue weighted by molar-refractivity contribution is 6.29. The molecule has 7 rings (SSSR count). The summed E-state index contributed by atoms with van der Waals surface area (Å²) in [6.45, 7) is 2.12. The number of ether oxygens (including phenoxy) is 1. The average molecular weight is 510 g/mol. The van der Waals surface area contributed by atoms with Crippen LogP contribution in [0.1, 0.15) is 32.6 Å². The van der Waals surface area contributed by atoms with Crippen LogP contribution in [0.4, 0.5) is 10.2 Å². The van der Waals surface area contributed by atoms with Gasteiger partial charge in [0.05, 0.1) is 24.3 Å². The van der Waals surface area contributed by atoms with Crippen molar-refractivity contribution < 1.29 is 13.9 Å². The summed E-state index contributed by atoms with van der Waals surface area (Å²) in [6.07, 6.45) is 10.5. The summed E-state index contributed by atoms with van der Waals surface area (Å²) < 4.78 is 22.9. The summed E-state index contributed by atoms with van der Waals surface area (Å²) in [5, 5.41) is 3.55. The first-order valence-corrected chi connectivity index (χ1v) is 12.5. The molecular formula is C25H25ClFN7O2. The van der Waals surface area contributed by atoms with Crippen LogP contribution in [0.3, 0.4) is 0 Å². The molecule has 11 heteroatoms. The van der Waals surface area contributed by atoms with Crippen molar-refractivity contribution in [2.75, 3.05) is 11.9 Å². The van der Waals surface area contributed by atoms with Crippen molar-refractivity contribution >= 4 is 34.6 Å². The summed E-state index contributed by atoms with van der Waals surface area (Å²) in [5.74, 6) is -0.331. The smallest absolute Gasteiger partial charge is 0.311 e. The number of fused-ring (bicyclic) bond motifs is 4. The van der Waals surface area contributed by atoms with Crippen molar-refractivity contribution in [3.63, 3.8) is 0 Å². The van der Waals surface area contributed by atoms with Gasteiger partial charge < -0.3 is 19.6 Å². The maximum absolute atomic E-state index is 15.9. The minimum absolute atomic E-state index is 0.0416. The summed E-state index contributed by atoms with van der Waals surface area (Å²) in [7, 11) is 0. The first-order chi connectivity index (χ1) is 17.5. The molecule has 3 saturated carbocycles. The highest BCUT2D eigenvalue weighted by Crippen LogP contribution is 2.47. The normalized spacial score (nSPS) is 23.2. The third-order valence-corrected chi connectivity index (χ3v) is 7.54. The third-order valence-electron chi connectivity index (χ3n) is 7.36. The average Bonchev–Trinajstić information content (AvgIpc) is 3.56. The lowest BCUT2D eigenvalue weighted by atomic mass is 9.61. The van der Waals surface area contributed by atoms with E-state index in [-0.39, 0.29) is 52.4 Å². The second-order valence-corrected chi connectivity index (χ2v) is 9.73. The molecule has 0 unspecified atom stereocenters. The molecule has 9 nitrogen and oxygen atoms in total. The molecule has 2 bridgehead atoms. The maximum atomic E-state index is 15.9. The first-order valence-electron chi connectivity index (χ1n) is 12.2. The summed E-state index contributed by atoms with van der Waals surface area (Å²) in [6, 6.07) is 3.31. The summed E-state index contributed by atoms with van der Waals surface area (Å²) >= 11 is 6.09. The van der Waals surface area contributed by atoms with Crippen LogP contribution in [0.25, 0.3) is 28.4 Å². The lowest BCUT2D eigenvalue weighted by molar-refractivity contribution is -0.154. The predicted molar refractivity (Wildman–Crippen MR) is 132 cm³/mol. The van der Waals surface area contributed by atoms with Gasteiger partial charge in [-0.15, -0.1) is 0 Å². The molecule has 4 heterocycles. The zero-order chi connectivity index (χ0) is 24.8. The van der Waals surface area contributed by atoms with Gasteiger partial charge in [0.2, 0.25) is 5.82 Å². The molecular weight excluding hydrogens is 485 g/mol. The molecule has 0 radical (unpaired) electrons. The minimum Gasteiger partial charge on any atom is -0.466 e. The third kappa shape index (κ3) is 3.89. The molecule has 0 amide bonds. The number of esters is 1. The van der Waals surface area contributed by atoms with Gasteiger partial charge in [-0.3, -0.25) is 4.79 Å². The van der Waals surface area contributed by atoms with Crippen LogP contribution >= 0.6 is 11.6 Å². The number of nitrogens with one attached hydrogen (secondary N) is 2. The van der Waals surface area contributed by atoms with Gasteiger partial charge in [0.1, 0.15) is 10.7 Å². The molecule has 0 aromatic carbocycles. The van der Waals surface area contributed by atoms with Crippen LogP contribution in [0.2, 0.25) is 5.15 Å². The van der Waals surface area contributed by atoms with Crippen molar-refractivity contribution in [3.8, 4) is 17.2 Å². The molecule has 2 atom stereocenters.